The number of aromatic nitrogens is 3. The largest absolute Gasteiger partial charge is 0.481 e. The third kappa shape index (κ3) is 3.31. The Hall–Kier alpha value is -2.94. The number of halogens is 1. The minimum atomic E-state index is -0.528. The Morgan fingerprint density at radius 3 is 2.72 bits per heavy atom. The Balaban J connectivity index is 2.11. The Morgan fingerprint density at radius 1 is 1.24 bits per heavy atom. The fourth-order valence-corrected chi connectivity index (χ4v) is 2.58. The van der Waals surface area contributed by atoms with Crippen molar-refractivity contribution in [3.63, 3.8) is 0 Å². The average Bonchev–Trinajstić information content (AvgIpc) is 3.01. The molecule has 3 rings (SSSR count). The van der Waals surface area contributed by atoms with E-state index in [0.29, 0.717) is 16.5 Å². The van der Waals surface area contributed by atoms with Gasteiger partial charge in [-0.3, -0.25) is 4.79 Å². The molecule has 0 spiro atoms. The minimum absolute atomic E-state index is 0.207. The summed E-state index contributed by atoms with van der Waals surface area (Å²) in [5.74, 6) is 0.231. The summed E-state index contributed by atoms with van der Waals surface area (Å²) in [6.45, 7) is 0. The number of esters is 1. The molecule has 0 atom stereocenters. The average molecular weight is 406 g/mol. The lowest BCUT2D eigenvalue weighted by Crippen LogP contribution is -2.04. The van der Waals surface area contributed by atoms with E-state index in [1.165, 1.54) is 32.5 Å². The molecule has 0 amide bonds. The number of pyridine rings is 2. The molecule has 128 valence electrons. The number of carbonyl (C=O) groups excluding carboxylic acids is 2. The Labute approximate surface area is 150 Å². The summed E-state index contributed by atoms with van der Waals surface area (Å²) in [6, 6.07) is 2.94. The van der Waals surface area contributed by atoms with Crippen LogP contribution in [0.1, 0.15) is 20.7 Å². The number of aldehydes is 1. The second-order valence-electron chi connectivity index (χ2n) is 4.86. The first-order valence-corrected chi connectivity index (χ1v) is 7.78. The molecule has 0 fully saturated rings. The molecule has 3 aromatic heterocycles. The standard InChI is InChI=1S/C16H12BrN3O5/c1-23-14-4-10(8-21)12(5-18-14)25-11-3-9(16(22)24-2)6-20-7-13(17)19-15(11)20/h3-8H,1-2H3. The van der Waals surface area contributed by atoms with Crippen LogP contribution >= 0.6 is 15.9 Å². The normalized spacial score (nSPS) is 10.5. The van der Waals surface area contributed by atoms with Crippen molar-refractivity contribution in [2.24, 2.45) is 0 Å². The molecule has 0 saturated heterocycles. The predicted octanol–water partition coefficient (Wildman–Crippen LogP) is 2.89. The number of fused-ring (bicyclic) bond motifs is 1. The van der Waals surface area contributed by atoms with Crippen LogP contribution in [0, 0.1) is 0 Å². The van der Waals surface area contributed by atoms with E-state index in [1.807, 2.05) is 0 Å². The number of methoxy groups -OCH3 is 2. The van der Waals surface area contributed by atoms with Gasteiger partial charge in [-0.1, -0.05) is 0 Å². The van der Waals surface area contributed by atoms with Crippen LogP contribution in [0.3, 0.4) is 0 Å². The van der Waals surface area contributed by atoms with Crippen LogP contribution < -0.4 is 9.47 Å². The quantitative estimate of drug-likeness (QED) is 0.475. The number of ether oxygens (including phenoxy) is 3. The van der Waals surface area contributed by atoms with Crippen molar-refractivity contribution in [1.82, 2.24) is 14.4 Å². The molecule has 0 bridgehead atoms. The van der Waals surface area contributed by atoms with Crippen molar-refractivity contribution in [3.8, 4) is 17.4 Å². The van der Waals surface area contributed by atoms with E-state index in [2.05, 4.69) is 25.9 Å². The van der Waals surface area contributed by atoms with Crippen molar-refractivity contribution in [2.75, 3.05) is 14.2 Å². The fraction of sp³-hybridized carbons (Fsp3) is 0.125. The highest BCUT2D eigenvalue weighted by molar-refractivity contribution is 9.10. The van der Waals surface area contributed by atoms with Gasteiger partial charge in [0.1, 0.15) is 4.60 Å². The molecule has 0 aliphatic carbocycles. The summed E-state index contributed by atoms with van der Waals surface area (Å²) < 4.78 is 17.7. The summed E-state index contributed by atoms with van der Waals surface area (Å²) >= 11 is 3.28. The zero-order valence-corrected chi connectivity index (χ0v) is 14.8. The molecule has 0 radical (unpaired) electrons. The summed E-state index contributed by atoms with van der Waals surface area (Å²) in [6.07, 6.45) is 5.23. The molecular formula is C16H12BrN3O5. The summed E-state index contributed by atoms with van der Waals surface area (Å²) in [5, 5.41) is 0. The van der Waals surface area contributed by atoms with Crippen molar-refractivity contribution in [2.45, 2.75) is 0 Å². The van der Waals surface area contributed by atoms with Crippen LogP contribution in [0.15, 0.2) is 35.3 Å². The van der Waals surface area contributed by atoms with Gasteiger partial charge in [-0.2, -0.15) is 0 Å². The predicted molar refractivity (Wildman–Crippen MR) is 90.5 cm³/mol. The summed E-state index contributed by atoms with van der Waals surface area (Å²) in [4.78, 5) is 31.5. The van der Waals surface area contributed by atoms with E-state index in [9.17, 15) is 9.59 Å². The molecular weight excluding hydrogens is 394 g/mol. The van der Waals surface area contributed by atoms with Gasteiger partial charge < -0.3 is 18.6 Å². The Bertz CT molecular complexity index is 970. The van der Waals surface area contributed by atoms with Crippen molar-refractivity contribution in [3.05, 3.63) is 46.5 Å². The number of imidazole rings is 1. The summed E-state index contributed by atoms with van der Waals surface area (Å²) in [7, 11) is 2.73. The lowest BCUT2D eigenvalue weighted by Gasteiger charge is -2.11. The van der Waals surface area contributed by atoms with E-state index < -0.39 is 5.97 Å². The zero-order valence-electron chi connectivity index (χ0n) is 13.2. The number of rotatable bonds is 5. The third-order valence-electron chi connectivity index (χ3n) is 3.34. The van der Waals surface area contributed by atoms with E-state index in [1.54, 1.807) is 16.8 Å². The van der Waals surface area contributed by atoms with Gasteiger partial charge in [-0.05, 0) is 15.9 Å². The van der Waals surface area contributed by atoms with Crippen LogP contribution in [-0.4, -0.2) is 40.8 Å². The van der Waals surface area contributed by atoms with Crippen LogP contribution in [0.2, 0.25) is 0 Å². The molecule has 0 saturated carbocycles. The fourth-order valence-electron chi connectivity index (χ4n) is 2.19. The van der Waals surface area contributed by atoms with Gasteiger partial charge >= 0.3 is 5.97 Å². The molecule has 3 aromatic rings. The van der Waals surface area contributed by atoms with Gasteiger partial charge in [0.25, 0.3) is 0 Å². The minimum Gasteiger partial charge on any atom is -0.481 e. The lowest BCUT2D eigenvalue weighted by atomic mass is 10.2. The van der Waals surface area contributed by atoms with Crippen LogP contribution in [0.5, 0.6) is 17.4 Å². The van der Waals surface area contributed by atoms with Gasteiger partial charge in [-0.25, -0.2) is 14.8 Å². The van der Waals surface area contributed by atoms with E-state index in [4.69, 9.17) is 14.2 Å². The topological polar surface area (TPSA) is 92.0 Å². The van der Waals surface area contributed by atoms with Gasteiger partial charge in [0.15, 0.2) is 23.4 Å². The molecule has 0 unspecified atom stereocenters. The first-order chi connectivity index (χ1) is 12.0. The smallest absolute Gasteiger partial charge is 0.339 e. The first kappa shape index (κ1) is 16.9. The van der Waals surface area contributed by atoms with E-state index in [0.717, 1.165) is 0 Å². The second-order valence-corrected chi connectivity index (χ2v) is 5.68. The summed E-state index contributed by atoms with van der Waals surface area (Å²) in [5.41, 5.74) is 0.968. The number of hydrogen-bond donors (Lipinski definition) is 0. The monoisotopic (exact) mass is 405 g/mol. The highest BCUT2D eigenvalue weighted by atomic mass is 79.9. The zero-order chi connectivity index (χ0) is 18.0. The number of nitrogens with zero attached hydrogens (tertiary/aromatic N) is 3. The number of hydrogen-bond acceptors (Lipinski definition) is 7. The molecule has 0 aliphatic rings. The lowest BCUT2D eigenvalue weighted by molar-refractivity contribution is 0.0599. The maximum atomic E-state index is 11.9. The van der Waals surface area contributed by atoms with Crippen molar-refractivity contribution >= 4 is 33.8 Å². The Kier molecular flexibility index (Phi) is 4.66. The van der Waals surface area contributed by atoms with Crippen LogP contribution in [0.4, 0.5) is 0 Å². The van der Waals surface area contributed by atoms with E-state index in [-0.39, 0.29) is 28.5 Å². The van der Waals surface area contributed by atoms with Gasteiger partial charge in [0, 0.05) is 24.5 Å². The highest BCUT2D eigenvalue weighted by Crippen LogP contribution is 2.30. The third-order valence-corrected chi connectivity index (χ3v) is 3.72. The first-order valence-electron chi connectivity index (χ1n) is 6.99. The number of carbonyl (C=O) groups is 2. The molecule has 9 heteroatoms. The Morgan fingerprint density at radius 2 is 2.04 bits per heavy atom. The molecule has 8 nitrogen and oxygen atoms in total. The second kappa shape index (κ2) is 6.89. The van der Waals surface area contributed by atoms with E-state index >= 15 is 0 Å². The molecule has 0 aromatic carbocycles. The van der Waals surface area contributed by atoms with Crippen LogP contribution in [0.25, 0.3) is 5.65 Å². The maximum Gasteiger partial charge on any atom is 0.339 e. The van der Waals surface area contributed by atoms with Crippen molar-refractivity contribution < 1.29 is 23.8 Å². The van der Waals surface area contributed by atoms with Gasteiger partial charge in [-0.15, -0.1) is 0 Å². The molecule has 3 heterocycles. The molecule has 0 aliphatic heterocycles. The van der Waals surface area contributed by atoms with Crippen molar-refractivity contribution in [1.29, 1.82) is 0 Å². The van der Waals surface area contributed by atoms with Gasteiger partial charge in [0.05, 0.1) is 31.5 Å². The molecule has 25 heavy (non-hydrogen) atoms. The maximum absolute atomic E-state index is 11.9. The highest BCUT2D eigenvalue weighted by Gasteiger charge is 2.16. The SMILES string of the molecule is COC(=O)c1cc(Oc2cnc(OC)cc2C=O)c2nc(Br)cn2c1. The van der Waals surface area contributed by atoms with Crippen LogP contribution in [-0.2, 0) is 4.74 Å². The molecule has 0 N–H and O–H groups in total. The van der Waals surface area contributed by atoms with Gasteiger partial charge in [0.2, 0.25) is 5.88 Å².